The first-order chi connectivity index (χ1) is 73.1. The summed E-state index contributed by atoms with van der Waals surface area (Å²) in [4.78, 5) is 0. The van der Waals surface area contributed by atoms with Gasteiger partial charge in [-0.05, 0) is 41.1 Å². The number of rotatable bonds is 9. The summed E-state index contributed by atoms with van der Waals surface area (Å²) in [5.74, 6) is 0. The average Bonchev–Trinajstić information content (AvgIpc) is 1.43. The van der Waals surface area contributed by atoms with Crippen molar-refractivity contribution in [3.05, 3.63) is 457 Å². The van der Waals surface area contributed by atoms with Crippen LogP contribution in [0, 0.1) is 6.92 Å². The van der Waals surface area contributed by atoms with Gasteiger partial charge in [-0.1, -0.05) is 91.6 Å². The van der Waals surface area contributed by atoms with Crippen molar-refractivity contribution in [1.29, 1.82) is 0 Å². The largest absolute Gasteiger partial charge is 0.310 e. The van der Waals surface area contributed by atoms with Gasteiger partial charge in [0.25, 0.3) is 0 Å². The van der Waals surface area contributed by atoms with Crippen molar-refractivity contribution in [2.24, 2.45) is 0 Å². The number of nitrogens with zero attached hydrogens (tertiary/aromatic N) is 4. The third-order valence-electron chi connectivity index (χ3n) is 41.5. The molecule has 0 bridgehead atoms. The Bertz CT molecular complexity index is 10200. The van der Waals surface area contributed by atoms with Crippen LogP contribution in [0.15, 0.2) is 406 Å². The molecule has 23 heteroatoms. The van der Waals surface area contributed by atoms with E-state index in [-0.39, 0.29) is 62.5 Å². The minimum Gasteiger partial charge on any atom is -0.310 e. The van der Waals surface area contributed by atoms with Gasteiger partial charge < -0.3 is 4.57 Å². The van der Waals surface area contributed by atoms with Crippen LogP contribution >= 0.6 is 19.2 Å². The molecule has 37 rings (SSSR count). The molecule has 0 spiro atoms. The second kappa shape index (κ2) is 28.8. The van der Waals surface area contributed by atoms with Crippen LogP contribution in [0.4, 0.5) is 17.1 Å². The van der Waals surface area contributed by atoms with Gasteiger partial charge in [-0.15, -0.1) is 0 Å². The van der Waals surface area contributed by atoms with Gasteiger partial charge >= 0.3 is 712 Å². The third kappa shape index (κ3) is 10.7. The SMILES string of the molecule is CC1(C)c2ccc(P34(Nc5ccccc5)[B]B3[BH2-]4)cc2B2c3c(cccc31)-n1c3ccccc3c3cccc2c31.CC1(C)c2cccc3c2B(c2c1cccc2P12(Nc4ccccc4)[B]B1[BH2-]2)c1cccc2c4ccccc4n-3c12.CC1(C)c2ccccc2B2c3c(cccc31)-n1c3ccccc3c3ccc(P45(Nc6ccccc6)[B]B4[BH2-]5)c2c31.Cc1ccc2c(c1)C(C)(C)c1cccc3c1B2c1cccc2c4ccccc4n-3c12. The Kier molecular flexibility index (Phi) is 16.6. The van der Waals surface area contributed by atoms with E-state index in [1.165, 1.54) is 232 Å². The van der Waals surface area contributed by atoms with Gasteiger partial charge in [-0.2, -0.15) is 0 Å². The van der Waals surface area contributed by atoms with Crippen LogP contribution in [0.2, 0.25) is 0 Å². The molecule has 18 heterocycles. The van der Waals surface area contributed by atoms with Crippen LogP contribution in [0.3, 0.4) is 0 Å². The van der Waals surface area contributed by atoms with E-state index in [4.69, 9.17) is 0 Å². The zero-order valence-electron chi connectivity index (χ0n) is 86.6. The first-order valence-corrected chi connectivity index (χ1v) is 63.8. The van der Waals surface area contributed by atoms with Crippen molar-refractivity contribution in [3.63, 3.8) is 0 Å². The summed E-state index contributed by atoms with van der Waals surface area (Å²) < 4.78 is 10.3. The molecule has 6 saturated heterocycles. The maximum absolute atomic E-state index is 4.28. The van der Waals surface area contributed by atoms with Gasteiger partial charge in [0.15, 0.2) is 0 Å². The molecule has 0 unspecified atom stereocenters. The first kappa shape index (κ1) is 86.7. The molecule has 0 amide bonds. The fourth-order valence-electron chi connectivity index (χ4n) is 33.5. The topological polar surface area (TPSA) is 55.8 Å². The van der Waals surface area contributed by atoms with Crippen LogP contribution in [0.1, 0.15) is 105 Å². The summed E-state index contributed by atoms with van der Waals surface area (Å²) >= 11 is 0. The van der Waals surface area contributed by atoms with Crippen LogP contribution in [0.5, 0.6) is 0 Å². The number of hydrogen-bond acceptors (Lipinski definition) is 3. The fourth-order valence-corrected chi connectivity index (χ4v) is 55.2. The molecule has 0 saturated carbocycles. The molecule has 7 nitrogen and oxygen atoms in total. The van der Waals surface area contributed by atoms with Crippen molar-refractivity contribution < 1.29 is 0 Å². The van der Waals surface area contributed by atoms with Gasteiger partial charge in [0.1, 0.15) is 0 Å². The molecule has 3 N–H and O–H groups in total. The molecule has 14 aliphatic heterocycles. The van der Waals surface area contributed by atoms with E-state index >= 15 is 0 Å². The summed E-state index contributed by atoms with van der Waals surface area (Å²) in [5, 5.41) is 28.5. The maximum Gasteiger partial charge on any atom is 0.247 e. The van der Waals surface area contributed by atoms with Gasteiger partial charge in [0.05, 0.1) is 5.52 Å². The maximum atomic E-state index is 4.28. The molecular weight excluding hydrogens is 1860 g/mol. The Hall–Kier alpha value is -14.1. The standard InChI is InChI=1S/3C33H27B4N2P.C28H22BN/c1-33(2)24-14-7-8-16-26(24)36-30-25(33)15-10-18-28(30)39-27-17-9-6-13-22(27)23-19-20-29(31(36)32(23)39)40(34-37(40)35-40)38-21-11-4-3-5-12-21;1-33(2)24-15-9-19-28-30(24)36(26-17-8-14-23-22-13-6-7-18-27(22)39(28)32(23)26)31-25(33)16-10-20-29(31)40(34-37(40)35-40)38-21-11-4-3-5-12-21;1-33(2)25-19-18-22(40(34-37(40)35-40)38-21-10-4-3-5-11-21)20-28(25)36-27-15-8-13-24-23-12-6-7-16-29(23)39(32(24)27)30-17-9-14-26(33)31(30)36;1-17-14-15-22-21(16-17)28(2,3)20-10-7-13-25-26(20)29(22)23-11-6-9-19-18-8-4-5-12-24(18)30(25)27(19)23/h3*3-20,38H,34H2,1-2H3;4-16H,1-3H3/q3*-1;. The molecule has 6 fully saturated rings. The smallest absolute Gasteiger partial charge is 0.247 e. The van der Waals surface area contributed by atoms with Gasteiger partial charge in [0, 0.05) is 27.4 Å². The predicted octanol–water partition coefficient (Wildman–Crippen LogP) is 17.1. The Morgan fingerprint density at radius 1 is 0.227 bits per heavy atom. The number of nitrogens with one attached hydrogen (secondary N) is 3. The molecule has 150 heavy (non-hydrogen) atoms. The summed E-state index contributed by atoms with van der Waals surface area (Å²) in [6.07, 6.45) is -3.94. The number of aryl methyl sites for hydroxylation is 1. The van der Waals surface area contributed by atoms with Crippen LogP contribution < -0.4 is 96.7 Å². The summed E-state index contributed by atoms with van der Waals surface area (Å²) in [6.45, 7) is 30.8. The van der Waals surface area contributed by atoms with E-state index in [2.05, 4.69) is 523 Å². The minimum absolute atomic E-state index is 0.00483. The molecular formula is C127H103B13N7P3-3. The fraction of sp³-hybridized carbons (Fsp3) is 0.102. The van der Waals surface area contributed by atoms with Crippen molar-refractivity contribution in [1.82, 2.24) is 18.3 Å². The van der Waals surface area contributed by atoms with Crippen molar-refractivity contribution in [2.45, 2.75) is 84.0 Å². The number of benzene rings is 19. The van der Waals surface area contributed by atoms with Gasteiger partial charge in [-0.3, -0.25) is 0 Å². The normalized spacial score (nSPS) is 19.1. The number of fused-ring (bicyclic) bond motifs is 31. The quantitative estimate of drug-likeness (QED) is 0.0997. The number of anilines is 3. The monoisotopic (exact) mass is 1960 g/mol. The van der Waals surface area contributed by atoms with Crippen LogP contribution in [-0.2, 0) is 21.7 Å². The number of aromatic nitrogens is 4. The zero-order chi connectivity index (χ0) is 99.6. The Morgan fingerprint density at radius 3 is 0.967 bits per heavy atom. The van der Waals surface area contributed by atoms with Crippen molar-refractivity contribution >= 4 is 292 Å². The molecule has 0 atom stereocenters. The van der Waals surface area contributed by atoms with E-state index in [0.717, 1.165) is 18.6 Å². The van der Waals surface area contributed by atoms with Crippen LogP contribution in [-0.4, -0.2) is 105 Å². The Balaban J connectivity index is 0.0000000856. The Labute approximate surface area is 881 Å². The van der Waals surface area contributed by atoms with E-state index in [0.29, 0.717) is 6.71 Å². The number of hydrogen-bond donors (Lipinski definition) is 3. The van der Waals surface area contributed by atoms with E-state index in [1.807, 2.05) is 0 Å². The van der Waals surface area contributed by atoms with Gasteiger partial charge in [0.2, 0.25) is 6.71 Å². The number of para-hydroxylation sites is 10. The third-order valence-corrected chi connectivity index (χ3v) is 61.8. The van der Waals surface area contributed by atoms with Gasteiger partial charge in [-0.25, -0.2) is 0 Å². The molecule has 14 aliphatic rings. The molecule has 23 aromatic rings. The molecule has 3 radical (unpaired) electrons. The molecule has 703 valence electrons. The van der Waals surface area contributed by atoms with E-state index in [9.17, 15) is 0 Å². The molecule has 19 aromatic carbocycles. The van der Waals surface area contributed by atoms with Crippen molar-refractivity contribution in [3.8, 4) is 22.7 Å². The molecule has 4 aromatic heterocycles. The second-order valence-electron chi connectivity index (χ2n) is 50.0. The van der Waals surface area contributed by atoms with E-state index in [1.54, 1.807) is 26.8 Å². The molecule has 0 aliphatic carbocycles. The van der Waals surface area contributed by atoms with E-state index < -0.39 is 19.2 Å². The predicted molar refractivity (Wildman–Crippen MR) is 671 cm³/mol. The summed E-state index contributed by atoms with van der Waals surface area (Å²) in [7, 11) is 0. The van der Waals surface area contributed by atoms with Crippen molar-refractivity contribution in [2.75, 3.05) is 15.3 Å². The minimum atomic E-state index is -2.22. The van der Waals surface area contributed by atoms with Crippen LogP contribution in [0.25, 0.3) is 110 Å². The second-order valence-corrected chi connectivity index (χ2v) is 67.5. The Morgan fingerprint density at radius 2 is 0.527 bits per heavy atom. The average molecular weight is 1960 g/mol. The zero-order valence-corrected chi connectivity index (χ0v) is 89.3. The summed E-state index contributed by atoms with van der Waals surface area (Å²) in [6, 6.07) is 154. The first-order valence-electron chi connectivity index (χ1n) is 55.3. The summed E-state index contributed by atoms with van der Waals surface area (Å²) in [5.41, 5.74) is 51.2.